The van der Waals surface area contributed by atoms with Gasteiger partial charge in [-0.1, -0.05) is 6.42 Å². The van der Waals surface area contributed by atoms with Crippen LogP contribution in [-0.2, 0) is 9.59 Å². The lowest BCUT2D eigenvalue weighted by molar-refractivity contribution is -0.138. The minimum atomic E-state index is -1.13. The third-order valence-corrected chi connectivity index (χ3v) is 7.60. The number of carboxylic acids is 1. The van der Waals surface area contributed by atoms with Crippen molar-refractivity contribution in [3.63, 3.8) is 0 Å². The minimum absolute atomic E-state index is 0.0363. The molecule has 5 N–H and O–H groups in total. The first kappa shape index (κ1) is 25.9. The van der Waals surface area contributed by atoms with Gasteiger partial charge in [0.05, 0.1) is 18.7 Å². The summed E-state index contributed by atoms with van der Waals surface area (Å²) in [6, 6.07) is -0.725. The highest BCUT2D eigenvalue weighted by atomic mass is 32.2. The van der Waals surface area contributed by atoms with Crippen LogP contribution in [0.25, 0.3) is 0 Å². The summed E-state index contributed by atoms with van der Waals surface area (Å²) in [4.78, 5) is 58.2. The normalized spacial score (nSPS) is 22.0. The van der Waals surface area contributed by atoms with Crippen LogP contribution in [0.2, 0.25) is 0 Å². The first-order valence-corrected chi connectivity index (χ1v) is 12.8. The van der Waals surface area contributed by atoms with E-state index in [1.54, 1.807) is 6.92 Å². The lowest BCUT2D eigenvalue weighted by atomic mass is 10.0. The van der Waals surface area contributed by atoms with E-state index in [-0.39, 0.29) is 48.5 Å². The number of carboxylic acid groups (broad SMARTS) is 1. The van der Waals surface area contributed by atoms with Gasteiger partial charge < -0.3 is 31.1 Å². The van der Waals surface area contributed by atoms with Gasteiger partial charge in [-0.2, -0.15) is 11.8 Å². The predicted molar refractivity (Wildman–Crippen MR) is 128 cm³/mol. The van der Waals surface area contributed by atoms with Gasteiger partial charge >= 0.3 is 12.0 Å². The third kappa shape index (κ3) is 6.43. The lowest BCUT2D eigenvalue weighted by Crippen LogP contribution is -2.40. The molecule has 0 aliphatic carbocycles. The molecule has 11 nitrogen and oxygen atoms in total. The molecular formula is C22H32N4O7S. The van der Waals surface area contributed by atoms with Gasteiger partial charge in [0.15, 0.2) is 5.75 Å². The maximum atomic E-state index is 12.0. The second-order valence-corrected chi connectivity index (χ2v) is 9.82. The lowest BCUT2D eigenvalue weighted by Gasteiger charge is -2.18. The fraction of sp³-hybridized carbons (Fsp3) is 0.682. The molecule has 3 rings (SSSR count). The number of hydrogen-bond acceptors (Lipinski definition) is 8. The van der Waals surface area contributed by atoms with Crippen molar-refractivity contribution in [2.75, 3.05) is 24.2 Å². The van der Waals surface area contributed by atoms with Gasteiger partial charge in [-0.05, 0) is 39.0 Å². The molecule has 3 amide bonds. The highest BCUT2D eigenvalue weighted by molar-refractivity contribution is 8.00. The van der Waals surface area contributed by atoms with Crippen molar-refractivity contribution >= 4 is 35.4 Å². The molecule has 12 heteroatoms. The summed E-state index contributed by atoms with van der Waals surface area (Å²) in [6.45, 7) is 2.31. The second kappa shape index (κ2) is 12.1. The molecule has 188 valence electrons. The molecule has 0 aromatic heterocycles. The van der Waals surface area contributed by atoms with Gasteiger partial charge in [0, 0.05) is 24.0 Å². The average Bonchev–Trinajstić information content (AvgIpc) is 3.36. The molecule has 2 aliphatic rings. The van der Waals surface area contributed by atoms with Crippen molar-refractivity contribution in [3.8, 4) is 5.75 Å². The van der Waals surface area contributed by atoms with E-state index in [4.69, 9.17) is 4.74 Å². The SMILES string of the molecule is CCOc1c(NC(CCCCNC(=O)CCCCC2SCC3NC(=O)NC32)C(=O)O)c(=O)c1=O. The van der Waals surface area contributed by atoms with E-state index >= 15 is 0 Å². The highest BCUT2D eigenvalue weighted by Gasteiger charge is 2.42. The van der Waals surface area contributed by atoms with Crippen LogP contribution in [0, 0.1) is 0 Å². The van der Waals surface area contributed by atoms with E-state index in [2.05, 4.69) is 21.3 Å². The van der Waals surface area contributed by atoms with E-state index in [9.17, 15) is 29.1 Å². The van der Waals surface area contributed by atoms with Gasteiger partial charge in [0.2, 0.25) is 5.91 Å². The fourth-order valence-corrected chi connectivity index (χ4v) is 5.82. The minimum Gasteiger partial charge on any atom is -0.488 e. The molecule has 0 radical (unpaired) electrons. The Morgan fingerprint density at radius 2 is 1.94 bits per heavy atom. The van der Waals surface area contributed by atoms with Gasteiger partial charge in [0.25, 0.3) is 10.9 Å². The predicted octanol–water partition coefficient (Wildman–Crippen LogP) is 0.559. The molecule has 0 saturated carbocycles. The van der Waals surface area contributed by atoms with E-state index in [0.29, 0.717) is 31.1 Å². The van der Waals surface area contributed by atoms with E-state index < -0.39 is 22.9 Å². The Labute approximate surface area is 201 Å². The summed E-state index contributed by atoms with van der Waals surface area (Å²) in [5, 5.41) is 21.1. The smallest absolute Gasteiger partial charge is 0.326 e. The topological polar surface area (TPSA) is 163 Å². The van der Waals surface area contributed by atoms with Crippen LogP contribution in [0.3, 0.4) is 0 Å². The number of urea groups is 1. The number of nitrogens with one attached hydrogen (secondary N) is 4. The number of carbonyl (C=O) groups is 3. The molecule has 34 heavy (non-hydrogen) atoms. The number of fused-ring (bicyclic) bond motifs is 1. The number of ether oxygens (including phenoxy) is 1. The number of carbonyl (C=O) groups excluding carboxylic acids is 2. The van der Waals surface area contributed by atoms with Crippen molar-refractivity contribution in [2.45, 2.75) is 75.2 Å². The summed E-state index contributed by atoms with van der Waals surface area (Å²) in [7, 11) is 0. The average molecular weight is 497 g/mol. The molecule has 1 aromatic carbocycles. The molecule has 2 heterocycles. The van der Waals surface area contributed by atoms with Gasteiger partial charge in [-0.15, -0.1) is 0 Å². The number of unbranched alkanes of at least 4 members (excludes halogenated alkanes) is 2. The highest BCUT2D eigenvalue weighted by Crippen LogP contribution is 2.33. The number of rotatable bonds is 15. The Balaban J connectivity index is 1.26. The number of anilines is 1. The standard InChI is InChI=1S/C22H32N4O7S/c1-2-33-20-17(18(28)19(20)29)24-12(21(30)31)7-5-6-10-23-15(27)9-4-3-8-14-16-13(11-34-14)25-22(32)26-16/h12-14,16,24H,2-11H2,1H3,(H,23,27)(H,30,31)(H2,25,26,32). The van der Waals surface area contributed by atoms with Crippen molar-refractivity contribution in [2.24, 2.45) is 0 Å². The zero-order chi connectivity index (χ0) is 24.7. The molecular weight excluding hydrogens is 464 g/mol. The van der Waals surface area contributed by atoms with Crippen LogP contribution >= 0.6 is 11.8 Å². The van der Waals surface area contributed by atoms with Crippen LogP contribution in [-0.4, -0.2) is 65.3 Å². The first-order valence-electron chi connectivity index (χ1n) is 11.7. The second-order valence-electron chi connectivity index (χ2n) is 8.54. The van der Waals surface area contributed by atoms with Crippen LogP contribution in [0.5, 0.6) is 5.75 Å². The largest absolute Gasteiger partial charge is 0.488 e. The van der Waals surface area contributed by atoms with Crippen LogP contribution in [0.4, 0.5) is 10.5 Å². The van der Waals surface area contributed by atoms with Crippen molar-refractivity contribution in [3.05, 3.63) is 20.4 Å². The zero-order valence-electron chi connectivity index (χ0n) is 19.2. The summed E-state index contributed by atoms with van der Waals surface area (Å²) in [6.07, 6.45) is 4.43. The number of aliphatic carboxylic acids is 1. The third-order valence-electron chi connectivity index (χ3n) is 6.09. The fourth-order valence-electron chi connectivity index (χ4n) is 4.28. The summed E-state index contributed by atoms with van der Waals surface area (Å²) < 4.78 is 5.10. The molecule has 4 unspecified atom stereocenters. The molecule has 2 aliphatic heterocycles. The molecule has 0 bridgehead atoms. The van der Waals surface area contributed by atoms with Crippen molar-refractivity contribution in [1.29, 1.82) is 0 Å². The van der Waals surface area contributed by atoms with Crippen LogP contribution in [0.15, 0.2) is 9.59 Å². The Morgan fingerprint density at radius 1 is 1.15 bits per heavy atom. The molecule has 4 atom stereocenters. The summed E-state index contributed by atoms with van der Waals surface area (Å²) >= 11 is 1.86. The summed E-state index contributed by atoms with van der Waals surface area (Å²) in [5.41, 5.74) is -1.59. The summed E-state index contributed by atoms with van der Waals surface area (Å²) in [5.74, 6) is -0.348. The van der Waals surface area contributed by atoms with Gasteiger partial charge in [0.1, 0.15) is 11.7 Å². The monoisotopic (exact) mass is 496 g/mol. The Kier molecular flexibility index (Phi) is 9.20. The molecule has 2 saturated heterocycles. The van der Waals surface area contributed by atoms with E-state index in [1.165, 1.54) is 0 Å². The number of hydrogen-bond donors (Lipinski definition) is 5. The Hall–Kier alpha value is -2.76. The maximum Gasteiger partial charge on any atom is 0.326 e. The van der Waals surface area contributed by atoms with E-state index in [1.807, 2.05) is 11.8 Å². The van der Waals surface area contributed by atoms with Gasteiger partial charge in [-0.25, -0.2) is 9.59 Å². The number of amides is 3. The quantitative estimate of drug-likeness (QED) is 0.133. The van der Waals surface area contributed by atoms with Crippen LogP contribution in [0.1, 0.15) is 51.9 Å². The van der Waals surface area contributed by atoms with Gasteiger partial charge in [-0.3, -0.25) is 14.4 Å². The van der Waals surface area contributed by atoms with Crippen molar-refractivity contribution < 1.29 is 24.2 Å². The Morgan fingerprint density at radius 3 is 2.68 bits per heavy atom. The Bertz CT molecular complexity index is 962. The van der Waals surface area contributed by atoms with Crippen LogP contribution < -0.4 is 36.9 Å². The number of thioether (sulfide) groups is 1. The van der Waals surface area contributed by atoms with Crippen molar-refractivity contribution in [1.82, 2.24) is 16.0 Å². The first-order chi connectivity index (χ1) is 16.3. The molecule has 0 spiro atoms. The zero-order valence-corrected chi connectivity index (χ0v) is 20.0. The molecule has 2 fully saturated rings. The molecule has 1 aromatic rings. The van der Waals surface area contributed by atoms with E-state index in [0.717, 1.165) is 25.0 Å². The maximum absolute atomic E-state index is 12.0.